The number of aliphatic hydroxyl groups is 1. The molecular formula is C23H29N3O3. The first-order chi connectivity index (χ1) is 14.2. The van der Waals surface area contributed by atoms with Crippen molar-refractivity contribution in [2.45, 2.75) is 19.3 Å². The second-order valence-corrected chi connectivity index (χ2v) is 7.33. The Morgan fingerprint density at radius 2 is 1.69 bits per heavy atom. The van der Waals surface area contributed by atoms with Crippen LogP contribution in [0.1, 0.15) is 29.6 Å². The average molecular weight is 396 g/mol. The highest BCUT2D eigenvalue weighted by Crippen LogP contribution is 2.17. The number of rotatable bonds is 9. The predicted molar refractivity (Wildman–Crippen MR) is 115 cm³/mol. The van der Waals surface area contributed by atoms with E-state index in [-0.39, 0.29) is 5.78 Å². The third-order valence-corrected chi connectivity index (χ3v) is 5.23. The van der Waals surface area contributed by atoms with Crippen molar-refractivity contribution in [1.82, 2.24) is 4.90 Å². The fourth-order valence-corrected chi connectivity index (χ4v) is 3.60. The van der Waals surface area contributed by atoms with E-state index in [1.54, 1.807) is 24.3 Å². The molecule has 2 aromatic carbocycles. The van der Waals surface area contributed by atoms with Crippen molar-refractivity contribution >= 4 is 23.1 Å². The summed E-state index contributed by atoms with van der Waals surface area (Å²) in [5.41, 5.74) is 2.42. The number of anilines is 2. The highest BCUT2D eigenvalue weighted by atomic mass is 16.3. The van der Waals surface area contributed by atoms with Gasteiger partial charge in [-0.1, -0.05) is 30.3 Å². The van der Waals surface area contributed by atoms with Gasteiger partial charge in [0.25, 0.3) is 0 Å². The van der Waals surface area contributed by atoms with Crippen molar-refractivity contribution in [3.8, 4) is 0 Å². The summed E-state index contributed by atoms with van der Waals surface area (Å²) in [6.07, 6.45) is 2.35. The van der Waals surface area contributed by atoms with Crippen LogP contribution in [-0.2, 0) is 4.79 Å². The summed E-state index contributed by atoms with van der Waals surface area (Å²) in [5, 5.41) is 11.4. The van der Waals surface area contributed by atoms with Gasteiger partial charge in [-0.25, -0.2) is 0 Å². The standard InChI is InChI=1S/C23H29N3O3/c27-18-23(29)24-20-8-6-7-19(17-20)22(28)11-4-5-12-25-13-15-26(16-14-25)21-9-2-1-3-10-21/h1-3,6-10,17,27H,4-5,11-16,18H2,(H,24,29). The molecule has 1 aliphatic rings. The second kappa shape index (κ2) is 10.7. The van der Waals surface area contributed by atoms with E-state index in [9.17, 15) is 9.59 Å². The summed E-state index contributed by atoms with van der Waals surface area (Å²) in [5.74, 6) is -0.402. The average Bonchev–Trinajstić information content (AvgIpc) is 2.77. The highest BCUT2D eigenvalue weighted by Gasteiger charge is 2.16. The van der Waals surface area contributed by atoms with Gasteiger partial charge in [0.2, 0.25) is 5.91 Å². The molecular weight excluding hydrogens is 366 g/mol. The smallest absolute Gasteiger partial charge is 0.250 e. The van der Waals surface area contributed by atoms with Gasteiger partial charge in [0.15, 0.2) is 5.78 Å². The molecule has 2 aromatic rings. The maximum absolute atomic E-state index is 12.4. The third-order valence-electron chi connectivity index (χ3n) is 5.23. The summed E-state index contributed by atoms with van der Waals surface area (Å²) < 4.78 is 0. The van der Waals surface area contributed by atoms with E-state index in [1.807, 2.05) is 6.07 Å². The van der Waals surface area contributed by atoms with Crippen LogP contribution in [0.15, 0.2) is 54.6 Å². The SMILES string of the molecule is O=C(CO)Nc1cccc(C(=O)CCCCN2CCN(c3ccccc3)CC2)c1. The monoisotopic (exact) mass is 395 g/mol. The minimum absolute atomic E-state index is 0.0824. The quantitative estimate of drug-likeness (QED) is 0.505. The summed E-state index contributed by atoms with van der Waals surface area (Å²) in [7, 11) is 0. The van der Waals surface area contributed by atoms with Crippen molar-refractivity contribution < 1.29 is 14.7 Å². The number of carbonyl (C=O) groups excluding carboxylic acids is 2. The maximum Gasteiger partial charge on any atom is 0.250 e. The van der Waals surface area contributed by atoms with Crippen LogP contribution in [0.4, 0.5) is 11.4 Å². The number of carbonyl (C=O) groups is 2. The van der Waals surface area contributed by atoms with Crippen molar-refractivity contribution in [2.24, 2.45) is 0 Å². The molecule has 1 heterocycles. The highest BCUT2D eigenvalue weighted by molar-refractivity contribution is 5.98. The van der Waals surface area contributed by atoms with Gasteiger partial charge in [0, 0.05) is 49.5 Å². The first kappa shape index (κ1) is 21.0. The summed E-state index contributed by atoms with van der Waals surface area (Å²) in [6, 6.07) is 17.4. The third kappa shape index (κ3) is 6.41. The largest absolute Gasteiger partial charge is 0.387 e. The molecule has 0 radical (unpaired) electrons. The second-order valence-electron chi connectivity index (χ2n) is 7.33. The number of benzene rings is 2. The lowest BCUT2D eigenvalue weighted by Gasteiger charge is -2.36. The molecule has 1 aliphatic heterocycles. The number of ketones is 1. The normalized spacial score (nSPS) is 14.6. The molecule has 2 N–H and O–H groups in total. The van der Waals surface area contributed by atoms with E-state index >= 15 is 0 Å². The van der Waals surface area contributed by atoms with Gasteiger partial charge in [-0.3, -0.25) is 14.5 Å². The molecule has 0 bridgehead atoms. The van der Waals surface area contributed by atoms with Crippen molar-refractivity contribution in [1.29, 1.82) is 0 Å². The number of Topliss-reactive ketones (excluding diaryl/α,β-unsaturated/α-hetero) is 1. The molecule has 29 heavy (non-hydrogen) atoms. The number of aliphatic hydroxyl groups excluding tert-OH is 1. The molecule has 1 amide bonds. The van der Waals surface area contributed by atoms with Gasteiger partial charge in [0.05, 0.1) is 0 Å². The molecule has 154 valence electrons. The topological polar surface area (TPSA) is 72.9 Å². The van der Waals surface area contributed by atoms with E-state index in [1.165, 1.54) is 5.69 Å². The Morgan fingerprint density at radius 1 is 0.931 bits per heavy atom. The predicted octanol–water partition coefficient (Wildman–Crippen LogP) is 2.79. The molecule has 6 nitrogen and oxygen atoms in total. The van der Waals surface area contributed by atoms with Crippen LogP contribution in [0.2, 0.25) is 0 Å². The zero-order valence-electron chi connectivity index (χ0n) is 16.7. The summed E-state index contributed by atoms with van der Waals surface area (Å²) in [6.45, 7) is 4.62. The van der Waals surface area contributed by atoms with Crippen LogP contribution in [0.5, 0.6) is 0 Å². The van der Waals surface area contributed by atoms with Gasteiger partial charge in [-0.15, -0.1) is 0 Å². The van der Waals surface area contributed by atoms with Crippen molar-refractivity contribution in [2.75, 3.05) is 49.5 Å². The van der Waals surface area contributed by atoms with Crippen LogP contribution in [0.25, 0.3) is 0 Å². The zero-order chi connectivity index (χ0) is 20.5. The number of nitrogens with one attached hydrogen (secondary N) is 1. The van der Waals surface area contributed by atoms with Crippen molar-refractivity contribution in [3.63, 3.8) is 0 Å². The number of piperazine rings is 1. The van der Waals surface area contributed by atoms with E-state index in [4.69, 9.17) is 5.11 Å². The lowest BCUT2D eigenvalue weighted by Crippen LogP contribution is -2.46. The Bertz CT molecular complexity index is 802. The Labute approximate surface area is 172 Å². The number of para-hydroxylation sites is 1. The number of unbranched alkanes of at least 4 members (excludes halogenated alkanes) is 1. The van der Waals surface area contributed by atoms with E-state index < -0.39 is 12.5 Å². The van der Waals surface area contributed by atoms with E-state index in [2.05, 4.69) is 39.4 Å². The van der Waals surface area contributed by atoms with Crippen LogP contribution in [0, 0.1) is 0 Å². The number of hydrogen-bond acceptors (Lipinski definition) is 5. The first-order valence-electron chi connectivity index (χ1n) is 10.2. The summed E-state index contributed by atoms with van der Waals surface area (Å²) in [4.78, 5) is 28.6. The fourth-order valence-electron chi connectivity index (χ4n) is 3.60. The molecule has 0 unspecified atom stereocenters. The Morgan fingerprint density at radius 3 is 2.41 bits per heavy atom. The lowest BCUT2D eigenvalue weighted by molar-refractivity contribution is -0.118. The molecule has 0 aromatic heterocycles. The molecule has 0 saturated carbocycles. The first-order valence-corrected chi connectivity index (χ1v) is 10.2. The van der Waals surface area contributed by atoms with Gasteiger partial charge in [-0.05, 0) is 43.7 Å². The summed E-state index contributed by atoms with van der Waals surface area (Å²) >= 11 is 0. The van der Waals surface area contributed by atoms with Crippen LogP contribution >= 0.6 is 0 Å². The van der Waals surface area contributed by atoms with Gasteiger partial charge in [-0.2, -0.15) is 0 Å². The number of nitrogens with zero attached hydrogens (tertiary/aromatic N) is 2. The molecule has 3 rings (SSSR count). The van der Waals surface area contributed by atoms with Gasteiger partial charge in [0.1, 0.15) is 6.61 Å². The molecule has 0 atom stereocenters. The van der Waals surface area contributed by atoms with Crippen LogP contribution < -0.4 is 10.2 Å². The lowest BCUT2D eigenvalue weighted by atomic mass is 10.0. The Balaban J connectivity index is 1.36. The molecule has 1 fully saturated rings. The Hall–Kier alpha value is -2.70. The minimum atomic E-state index is -0.572. The number of amides is 1. The zero-order valence-corrected chi connectivity index (χ0v) is 16.7. The van der Waals surface area contributed by atoms with Crippen LogP contribution in [-0.4, -0.2) is 61.0 Å². The molecule has 0 aliphatic carbocycles. The Kier molecular flexibility index (Phi) is 7.78. The molecule has 1 saturated heterocycles. The van der Waals surface area contributed by atoms with Gasteiger partial charge >= 0.3 is 0 Å². The van der Waals surface area contributed by atoms with E-state index in [0.29, 0.717) is 17.7 Å². The molecule has 0 spiro atoms. The van der Waals surface area contributed by atoms with Crippen molar-refractivity contribution in [3.05, 3.63) is 60.2 Å². The maximum atomic E-state index is 12.4. The fraction of sp³-hybridized carbons (Fsp3) is 0.391. The van der Waals surface area contributed by atoms with Crippen LogP contribution in [0.3, 0.4) is 0 Å². The molecule has 6 heteroatoms. The van der Waals surface area contributed by atoms with E-state index in [0.717, 1.165) is 45.6 Å². The number of hydrogen-bond donors (Lipinski definition) is 2. The van der Waals surface area contributed by atoms with Gasteiger partial charge < -0.3 is 15.3 Å². The minimum Gasteiger partial charge on any atom is -0.387 e.